The zero-order valence-electron chi connectivity index (χ0n) is 53.0. The van der Waals surface area contributed by atoms with E-state index in [-0.39, 0.29) is 89.5 Å². The van der Waals surface area contributed by atoms with Crippen LogP contribution in [0.25, 0.3) is 0 Å². The Morgan fingerprint density at radius 1 is 0.484 bits per heavy atom. The van der Waals surface area contributed by atoms with E-state index in [1.807, 2.05) is 60.7 Å². The molecule has 0 spiro atoms. The van der Waals surface area contributed by atoms with Crippen LogP contribution in [0.3, 0.4) is 0 Å². The van der Waals surface area contributed by atoms with Crippen molar-refractivity contribution in [1.82, 2.24) is 14.7 Å². The number of aliphatic hydroxyl groups excluding tert-OH is 1. The minimum atomic E-state index is -4.44. The number of piperidine rings is 3. The molecule has 11 nitrogen and oxygen atoms in total. The van der Waals surface area contributed by atoms with E-state index in [1.165, 1.54) is 54.1 Å². The van der Waals surface area contributed by atoms with Crippen LogP contribution in [-0.2, 0) is 42.6 Å². The first-order valence-electron chi connectivity index (χ1n) is 30.1. The van der Waals surface area contributed by atoms with Gasteiger partial charge in [0.05, 0.1) is 16.7 Å². The fourth-order valence-electron chi connectivity index (χ4n) is 11.2. The average molecular weight is 1400 g/mol. The molecule has 3 saturated heterocycles. The molecule has 3 aliphatic heterocycles. The Bertz CT molecular complexity index is 3060. The summed E-state index contributed by atoms with van der Waals surface area (Å²) in [5.41, 5.74) is 0.918. The van der Waals surface area contributed by atoms with Gasteiger partial charge in [-0.1, -0.05) is 115 Å². The molecule has 9 rings (SSSR count). The van der Waals surface area contributed by atoms with Gasteiger partial charge in [-0.2, -0.15) is 39.5 Å². The minimum absolute atomic E-state index is 0. The molecule has 0 aliphatic carbocycles. The standard InChI is InChI=1S/C22H25ClF3NO2.C22H23ClF3NO2.C22H25ClF3NO.C2H7P.H4N2.Na.H2O/c2*23-18-7-5-17(6-8-18)15-21(16-28)9-11-27(12-10-21)13-14-29-20-4-2-1-3-19(20)22(24,25)26;1-21(16-17-6-8-18(23)9-7-17)10-12-27(13-11-21)14-15-28-20-5-3-2-4-19(20)22(24,25)26;1-3-2;1-2;;/h1-8,28H,9-16H2;1-8,16H,9-15H2;2-9H,10-16H2,1H3;3H,1-2H3;1-2H2;;1H2/q;;;;;+1;/p-1. The van der Waals surface area contributed by atoms with Gasteiger partial charge >= 0.3 is 48.1 Å². The van der Waals surface area contributed by atoms with Crippen molar-refractivity contribution in [3.63, 3.8) is 0 Å². The van der Waals surface area contributed by atoms with Crippen LogP contribution in [0.4, 0.5) is 39.5 Å². The molecule has 25 heteroatoms. The number of carbonyl (C=O) groups excluding carboxylic acids is 1. The van der Waals surface area contributed by atoms with Crippen LogP contribution in [0.1, 0.15) is 78.8 Å². The van der Waals surface area contributed by atoms with Gasteiger partial charge in [0.15, 0.2) is 0 Å². The van der Waals surface area contributed by atoms with E-state index in [9.17, 15) is 49.4 Å². The van der Waals surface area contributed by atoms with Gasteiger partial charge in [0.2, 0.25) is 0 Å². The molecule has 0 radical (unpaired) electrons. The molecule has 0 bridgehead atoms. The SMILES string of the molecule is CC1(Cc2ccc(Cl)cc2)CCN(CCOc2ccccc2C(F)(F)F)CC1.CPC.NN.O=CC1(Cc2ccc(Cl)cc2)CCN(CCOc2ccccc2C(F)(F)F)CC1.OCC1(Cc2ccc(Cl)cc2)CCN(CCOc2ccccc2C(F)(F)F)CC1.[Na+].[OH-]. The van der Waals surface area contributed by atoms with Crippen molar-refractivity contribution in [2.45, 2.75) is 83.2 Å². The molecule has 3 fully saturated rings. The van der Waals surface area contributed by atoms with E-state index in [4.69, 9.17) is 49.0 Å². The van der Waals surface area contributed by atoms with Crippen molar-refractivity contribution < 1.29 is 98.7 Å². The number of hydrogen-bond acceptors (Lipinski definition) is 11. The van der Waals surface area contributed by atoms with Gasteiger partial charge in [-0.25, -0.2) is 0 Å². The number of aliphatic hydroxyl groups is 1. The number of hydrazine groups is 1. The molecule has 6 aromatic rings. The first kappa shape index (κ1) is 83.0. The number of hydrogen-bond donors (Lipinski definition) is 3. The molecular formula is C68H85Cl3F9N5NaO6P. The summed E-state index contributed by atoms with van der Waals surface area (Å²) in [6.45, 7) is 13.8. The maximum absolute atomic E-state index is 13.0. The van der Waals surface area contributed by atoms with E-state index in [0.29, 0.717) is 62.0 Å². The topological polar surface area (TPSA) is 157 Å². The first-order valence-corrected chi connectivity index (χ1v) is 33.2. The van der Waals surface area contributed by atoms with Crippen LogP contribution in [0, 0.1) is 16.2 Å². The molecule has 0 amide bonds. The Labute approximate surface area is 580 Å². The minimum Gasteiger partial charge on any atom is -0.870 e. The van der Waals surface area contributed by atoms with Gasteiger partial charge in [-0.3, -0.25) is 26.4 Å². The third-order valence-corrected chi connectivity index (χ3v) is 17.3. The number of carbonyl (C=O) groups is 1. The summed E-state index contributed by atoms with van der Waals surface area (Å²) in [7, 11) is 1.08. The van der Waals surface area contributed by atoms with Crippen molar-refractivity contribution in [3.8, 4) is 17.2 Å². The quantitative estimate of drug-likeness (QED) is 0.0167. The van der Waals surface area contributed by atoms with Crippen LogP contribution in [0.15, 0.2) is 146 Å². The number of benzene rings is 6. The normalized spacial score (nSPS) is 16.2. The third-order valence-electron chi connectivity index (χ3n) is 16.5. The molecule has 93 heavy (non-hydrogen) atoms. The molecule has 0 aromatic heterocycles. The molecule has 3 heterocycles. The summed E-state index contributed by atoms with van der Waals surface area (Å²) in [4.78, 5) is 18.4. The number of para-hydroxylation sites is 3. The van der Waals surface area contributed by atoms with Gasteiger partial charge in [-0.05, 0) is 211 Å². The molecule has 6 N–H and O–H groups in total. The molecule has 0 atom stereocenters. The number of nitrogens with zero attached hydrogens (tertiary/aromatic N) is 3. The van der Waals surface area contributed by atoms with Crippen molar-refractivity contribution in [1.29, 1.82) is 0 Å². The van der Waals surface area contributed by atoms with Crippen LogP contribution >= 0.6 is 43.4 Å². The summed E-state index contributed by atoms with van der Waals surface area (Å²) >= 11 is 17.8. The van der Waals surface area contributed by atoms with E-state index in [2.05, 4.69) is 58.8 Å². The summed E-state index contributed by atoms with van der Waals surface area (Å²) in [5.74, 6) is 7.62. The van der Waals surface area contributed by atoms with E-state index < -0.39 is 40.6 Å². The number of alkyl halides is 9. The molecule has 0 unspecified atom stereocenters. The van der Waals surface area contributed by atoms with Crippen LogP contribution in [-0.4, -0.2) is 130 Å². The number of aldehydes is 1. The Hall–Kier alpha value is -4.22. The average Bonchev–Trinajstić information content (AvgIpc) is 1.43. The second-order valence-corrected chi connectivity index (χ2v) is 25.7. The smallest absolute Gasteiger partial charge is 0.870 e. The predicted octanol–water partition coefficient (Wildman–Crippen LogP) is 13.0. The van der Waals surface area contributed by atoms with E-state index in [1.54, 1.807) is 6.07 Å². The van der Waals surface area contributed by atoms with Crippen LogP contribution in [0.5, 0.6) is 17.2 Å². The second-order valence-electron chi connectivity index (χ2n) is 23.4. The van der Waals surface area contributed by atoms with Crippen molar-refractivity contribution >= 4 is 49.7 Å². The second kappa shape index (κ2) is 40.5. The van der Waals surface area contributed by atoms with Crippen molar-refractivity contribution in [2.75, 3.05) is 98.7 Å². The van der Waals surface area contributed by atoms with Crippen molar-refractivity contribution in [2.24, 2.45) is 27.9 Å². The molecule has 6 aromatic carbocycles. The maximum atomic E-state index is 13.0. The first-order chi connectivity index (χ1) is 43.3. The zero-order valence-corrected chi connectivity index (χ0v) is 58.3. The predicted molar refractivity (Wildman–Crippen MR) is 350 cm³/mol. The van der Waals surface area contributed by atoms with Crippen molar-refractivity contribution in [3.05, 3.63) is 194 Å². The number of halogens is 12. The fraction of sp³-hybridized carbons (Fsp3) is 0.456. The van der Waals surface area contributed by atoms with Gasteiger partial charge in [0.1, 0.15) is 43.4 Å². The molecule has 3 aliphatic rings. The fourth-order valence-corrected chi connectivity index (χ4v) is 11.5. The number of rotatable bonds is 20. The summed E-state index contributed by atoms with van der Waals surface area (Å²) < 4.78 is 134. The number of nitrogens with two attached hydrogens (primary N) is 2. The molecular weight excluding hydrogens is 1310 g/mol. The Balaban J connectivity index is 0.000000348. The summed E-state index contributed by atoms with van der Waals surface area (Å²) in [6, 6.07) is 39.1. The Morgan fingerprint density at radius 3 is 1.06 bits per heavy atom. The van der Waals surface area contributed by atoms with E-state index in [0.717, 1.165) is 114 Å². The maximum Gasteiger partial charge on any atom is 1.00 e. The number of likely N-dealkylation sites (tertiary alicyclic amines) is 3. The monoisotopic (exact) mass is 1400 g/mol. The van der Waals surface area contributed by atoms with Gasteiger partial charge < -0.3 is 29.6 Å². The van der Waals surface area contributed by atoms with E-state index >= 15 is 0 Å². The summed E-state index contributed by atoms with van der Waals surface area (Å²) in [6.07, 6.45) is -4.59. The van der Waals surface area contributed by atoms with Crippen LogP contribution < -0.4 is 55.5 Å². The molecule has 508 valence electrons. The Kier molecular flexibility index (Phi) is 36.1. The molecule has 0 saturated carbocycles. The Morgan fingerprint density at radius 2 is 0.763 bits per heavy atom. The van der Waals surface area contributed by atoms with Crippen LogP contribution in [0.2, 0.25) is 15.1 Å². The zero-order chi connectivity index (χ0) is 66.7. The number of ether oxygens (including phenoxy) is 3. The third kappa shape index (κ3) is 28.0. The van der Waals surface area contributed by atoms with Gasteiger partial charge in [0, 0.05) is 46.7 Å². The van der Waals surface area contributed by atoms with Gasteiger partial charge in [0.25, 0.3) is 0 Å². The summed E-state index contributed by atoms with van der Waals surface area (Å²) in [5, 5.41) is 12.1. The van der Waals surface area contributed by atoms with Gasteiger partial charge in [-0.15, -0.1) is 8.58 Å². The largest absolute Gasteiger partial charge is 1.00 e.